The van der Waals surface area contributed by atoms with E-state index in [1.807, 2.05) is 78.9 Å². The first kappa shape index (κ1) is 95.4. The number of rotatable bonds is 24. The predicted octanol–water partition coefficient (Wildman–Crippen LogP) is 13.4. The predicted molar refractivity (Wildman–Crippen MR) is 451 cm³/mol. The van der Waals surface area contributed by atoms with Crippen LogP contribution in [-0.2, 0) is 28.7 Å². The summed E-state index contributed by atoms with van der Waals surface area (Å²) in [6, 6.07) is 43.2. The molecule has 15 nitrogen and oxygen atoms in total. The Morgan fingerprint density at radius 2 is 0.743 bits per heavy atom. The van der Waals surface area contributed by atoms with Crippen molar-refractivity contribution >= 4 is 173 Å². The van der Waals surface area contributed by atoms with Crippen molar-refractivity contribution in [2.75, 3.05) is 0 Å². The Kier molecular flexibility index (Phi) is 41.9. The van der Waals surface area contributed by atoms with Gasteiger partial charge in [0.25, 0.3) is 0 Å². The molecule has 0 aliphatic carbocycles. The van der Waals surface area contributed by atoms with E-state index in [0.29, 0.717) is 13.3 Å². The third-order valence-electron chi connectivity index (χ3n) is 15.7. The minimum absolute atomic E-state index is 0. The summed E-state index contributed by atoms with van der Waals surface area (Å²) in [5, 5.41) is 65.0. The number of carbonyl (C=O) groups is 4. The number of aliphatic hydroxyl groups is 5. The summed E-state index contributed by atoms with van der Waals surface area (Å²) in [6.07, 6.45) is 3.47. The van der Waals surface area contributed by atoms with Crippen molar-refractivity contribution in [3.05, 3.63) is 198 Å². The summed E-state index contributed by atoms with van der Waals surface area (Å²) in [7, 11) is 0. The van der Waals surface area contributed by atoms with Crippen molar-refractivity contribution in [2.45, 2.75) is 181 Å². The minimum Gasteiger partial charge on any atom is 1.00 e. The number of esters is 2. The number of para-hydroxylation sites is 3. The maximum absolute atomic E-state index is 13.6. The first-order valence-corrected chi connectivity index (χ1v) is 52.2. The maximum atomic E-state index is 13.6. The number of benzene rings is 6. The zero-order valence-electron chi connectivity index (χ0n) is 61.0. The van der Waals surface area contributed by atoms with Gasteiger partial charge in [0.1, 0.15) is 40.9 Å². The van der Waals surface area contributed by atoms with Crippen molar-refractivity contribution in [3.8, 4) is 33.4 Å². The number of hydrogen-bond donors (Lipinski definition) is 5. The molecule has 5 N–H and O–H groups in total. The molecule has 564 valence electrons. The molecule has 0 saturated heterocycles. The van der Waals surface area contributed by atoms with Crippen molar-refractivity contribution < 1.29 is 115 Å². The van der Waals surface area contributed by atoms with Crippen LogP contribution in [0.15, 0.2) is 164 Å². The Hall–Kier alpha value is -3.79. The molecule has 3 aromatic heterocycles. The van der Waals surface area contributed by atoms with Crippen LogP contribution in [0.2, 0.25) is 0 Å². The number of nitrogens with zero attached hydrogens (tertiary/aromatic N) is 3. The maximum Gasteiger partial charge on any atom is 1.00 e. The second-order valence-electron chi connectivity index (χ2n) is 27.2. The fourth-order valence-electron chi connectivity index (χ4n) is 11.9. The molecule has 25 heteroatoms. The summed E-state index contributed by atoms with van der Waals surface area (Å²) < 4.78 is 57.6. The van der Waals surface area contributed by atoms with Crippen LogP contribution >= 0.6 is 98.4 Å². The largest absolute Gasteiger partial charge is 1.00 e. The summed E-state index contributed by atoms with van der Waals surface area (Å²) >= 11 is 9.54. The van der Waals surface area contributed by atoms with Gasteiger partial charge in [-0.15, -0.1) is 24.0 Å². The molecule has 9 aromatic rings. The van der Waals surface area contributed by atoms with Crippen molar-refractivity contribution in [1.82, 2.24) is 13.7 Å². The van der Waals surface area contributed by atoms with Gasteiger partial charge in [-0.05, 0) is 173 Å². The molecule has 9 rings (SSSR count). The van der Waals surface area contributed by atoms with Gasteiger partial charge in [0.2, 0.25) is 0 Å². The molecule has 5 atom stereocenters. The smallest absolute Gasteiger partial charge is 1.00 e. The van der Waals surface area contributed by atoms with Crippen molar-refractivity contribution in [1.29, 1.82) is 0 Å². The first-order chi connectivity index (χ1) is 48.6. The van der Waals surface area contributed by atoms with E-state index in [0.717, 1.165) is 83.2 Å². The molecule has 0 bridgehead atoms. The Bertz CT molecular complexity index is 4340. The molecule has 6 aromatic carbocycles. The van der Waals surface area contributed by atoms with Gasteiger partial charge in [0.05, 0.1) is 36.9 Å². The fraction of sp³-hybridized carbons (Fsp3) is 0.350. The van der Waals surface area contributed by atoms with Gasteiger partial charge in [0.15, 0.2) is 0 Å². The molecule has 0 radical (unpaired) electrons. The third-order valence-corrected chi connectivity index (χ3v) is 15.7. The number of carbonyl (C=O) groups excluding carboxylic acids is 4. The van der Waals surface area contributed by atoms with Crippen molar-refractivity contribution in [3.63, 3.8) is 0 Å². The second-order valence-corrected chi connectivity index (χ2v) is 43.5. The number of aromatic nitrogens is 3. The molecule has 3 heterocycles. The zero-order valence-corrected chi connectivity index (χ0v) is 76.2. The molecule has 1 unspecified atom stereocenters. The van der Waals surface area contributed by atoms with Gasteiger partial charge in [0, 0.05) is 153 Å². The average Bonchev–Trinajstić information content (AvgIpc) is 1.62. The monoisotopic (exact) mass is 2130 g/mol. The number of hydrogen-bond acceptors (Lipinski definition) is 12. The Morgan fingerprint density at radius 3 is 1.03 bits per heavy atom. The number of aliphatic hydroxyl groups excluding tert-OH is 5. The van der Waals surface area contributed by atoms with E-state index in [1.165, 1.54) is 36.4 Å². The molecule has 0 saturated carbocycles. The van der Waals surface area contributed by atoms with Gasteiger partial charge in [-0.1, -0.05) is 109 Å². The summed E-state index contributed by atoms with van der Waals surface area (Å²) in [5.41, 5.74) is 9.69. The first-order valence-electron chi connectivity index (χ1n) is 33.4. The Morgan fingerprint density at radius 1 is 0.467 bits per heavy atom. The van der Waals surface area contributed by atoms with Crippen LogP contribution in [-0.4, -0.2) is 105 Å². The van der Waals surface area contributed by atoms with Gasteiger partial charge in [-0.3, -0.25) is 14.4 Å². The van der Waals surface area contributed by atoms with Crippen LogP contribution in [0.3, 0.4) is 0 Å². The minimum atomic E-state index is -1.36. The summed E-state index contributed by atoms with van der Waals surface area (Å²) in [4.78, 5) is 46.7. The standard InChI is InChI=1S/C28H34FNO4.C28H32FNO4.C24H26FNO4.I3.I2.HI.Na/c2*1-18(2)30-24-9-7-6-8-23(24)27(19-10-12-20(29)13-11-19)25(30)15-14-21(31)16-22(32)17-26(33)34-28(3,4)5;1-15(2)26-21-6-4-3-5-20(21)24(16-7-9-17(25)10-8-16)22(26)12-11-18(27)13-19(28)14-23(29)30;1-3-2;1-2;;/h6-15,18,21-22,31-32H,16-17H2,1-5H3;6-15,18,21,31H,16-17H2,1-5H3;3-12,15,18-19,27-28H,13-14H2,1-2H3,(H,29,30);;;1H;/q;;;-1;;;+1/p-1/b2*15-14+;12-11+;;;;/t21-,22-;;18-,19-;;;;/m1.1..../s1. The Balaban J connectivity index is 0.000000393. The van der Waals surface area contributed by atoms with E-state index in [9.17, 15) is 63.0 Å². The van der Waals surface area contributed by atoms with Crippen LogP contribution in [0.4, 0.5) is 13.2 Å². The summed E-state index contributed by atoms with van der Waals surface area (Å²) in [5.74, 6) is -3.80. The van der Waals surface area contributed by atoms with Crippen LogP contribution in [0.5, 0.6) is 0 Å². The number of fused-ring (bicyclic) bond motifs is 3. The van der Waals surface area contributed by atoms with Crippen LogP contribution in [0, 0.1) is 17.5 Å². The molecule has 0 amide bonds. The summed E-state index contributed by atoms with van der Waals surface area (Å²) in [6.45, 7) is 22.9. The van der Waals surface area contributed by atoms with Gasteiger partial charge >= 0.3 is 92.0 Å². The SMILES string of the molecule is CC(C)n1c(/C=C/C(O)CC(=O)CC(=O)OC(C)(C)C)c(-c2ccc(F)cc2)c2ccccc21.CC(C)n1c(/C=C/[C@@H](O)C[C@@H](O)CC(=O)OC(C)(C)C)c(-c2ccc(F)cc2)c2ccccc21.CC(C)n1c(/C=C/[C@@H](O)C[C@@H](O)CC(=O)[O-])c(-c2ccc(F)cc2)c2ccccc21.I.II.I[I-]I.[Na+]. The normalized spacial score (nSPS) is 13.1. The number of aliphatic carboxylic acids is 1. The van der Waals surface area contributed by atoms with Crippen LogP contribution in [0.1, 0.15) is 157 Å². The van der Waals surface area contributed by atoms with Gasteiger partial charge < -0.3 is 58.6 Å². The number of Topliss-reactive ketones (excluding diaryl/α,β-unsaturated/α-hetero) is 1. The second kappa shape index (κ2) is 46.1. The van der Waals surface area contributed by atoms with Crippen LogP contribution in [0.25, 0.3) is 84.3 Å². The number of ketones is 1. The Labute approximate surface area is 706 Å². The third kappa shape index (κ3) is 29.8. The van der Waals surface area contributed by atoms with E-state index >= 15 is 0 Å². The number of ether oxygens (including phenoxy) is 2. The van der Waals surface area contributed by atoms with E-state index in [2.05, 4.69) is 130 Å². The molecular weight excluding hydrogens is 2040 g/mol. The fourth-order valence-corrected chi connectivity index (χ4v) is 11.9. The quantitative estimate of drug-likeness (QED) is 0.0165. The van der Waals surface area contributed by atoms with E-state index in [4.69, 9.17) is 9.47 Å². The van der Waals surface area contributed by atoms with Gasteiger partial charge in [-0.2, -0.15) is 0 Å². The molecule has 0 aliphatic heterocycles. The number of carboxylic acid groups (broad SMARTS) is 1. The topological polar surface area (TPSA) is 226 Å². The molecule has 0 spiro atoms. The molecule has 0 fully saturated rings. The zero-order chi connectivity index (χ0) is 76.6. The van der Waals surface area contributed by atoms with Crippen LogP contribution < -0.4 is 47.9 Å². The molecular formula is C80H92F3I6N3NaO12-. The van der Waals surface area contributed by atoms with E-state index in [-0.39, 0.29) is 121 Å². The number of halogens is 9. The molecule has 0 aliphatic rings. The van der Waals surface area contributed by atoms with E-state index in [1.54, 1.807) is 108 Å². The average molecular weight is 2130 g/mol. The number of carboxylic acids is 1. The molecule has 105 heavy (non-hydrogen) atoms. The van der Waals surface area contributed by atoms with E-state index < -0.39 is 71.8 Å². The van der Waals surface area contributed by atoms with Crippen molar-refractivity contribution in [2.24, 2.45) is 0 Å². The van der Waals surface area contributed by atoms with Gasteiger partial charge in [-0.25, -0.2) is 13.2 Å².